The van der Waals surface area contributed by atoms with Crippen LogP contribution in [-0.2, 0) is 0 Å². The molecule has 0 aliphatic rings. The minimum absolute atomic E-state index is 0.198. The van der Waals surface area contributed by atoms with Crippen LogP contribution >= 0.6 is 23.2 Å². The zero-order valence-electron chi connectivity index (χ0n) is 10.5. The molecule has 19 heavy (non-hydrogen) atoms. The van der Waals surface area contributed by atoms with Crippen molar-refractivity contribution in [3.63, 3.8) is 0 Å². The summed E-state index contributed by atoms with van der Waals surface area (Å²) in [5, 5.41) is -0.546. The first-order chi connectivity index (χ1) is 8.91. The summed E-state index contributed by atoms with van der Waals surface area (Å²) in [5.41, 5.74) is 1.79. The third kappa shape index (κ3) is 2.75. The maximum atomic E-state index is 14.0. The highest BCUT2D eigenvalue weighted by molar-refractivity contribution is 6.33. The van der Waals surface area contributed by atoms with Crippen molar-refractivity contribution in [3.05, 3.63) is 69.2 Å². The van der Waals surface area contributed by atoms with E-state index in [1.54, 1.807) is 38.1 Å². The van der Waals surface area contributed by atoms with Crippen molar-refractivity contribution in [2.24, 2.45) is 0 Å². The summed E-state index contributed by atoms with van der Waals surface area (Å²) in [5.74, 6) is -0.761. The summed E-state index contributed by atoms with van der Waals surface area (Å²) in [6.07, 6.45) is 0. The van der Waals surface area contributed by atoms with E-state index in [-0.39, 0.29) is 10.8 Å². The van der Waals surface area contributed by atoms with Gasteiger partial charge in [-0.3, -0.25) is 0 Å². The first-order valence-corrected chi connectivity index (χ1v) is 6.58. The van der Waals surface area contributed by atoms with Crippen LogP contribution in [0.4, 0.5) is 8.78 Å². The van der Waals surface area contributed by atoms with Gasteiger partial charge in [0.25, 0.3) is 0 Å². The molecule has 2 aromatic carbocycles. The van der Waals surface area contributed by atoms with Gasteiger partial charge in [0.1, 0.15) is 11.6 Å². The SMILES string of the molecule is Cc1cc(C(Cl)c2cccc(C)c2F)c(Cl)cc1F. The maximum Gasteiger partial charge on any atom is 0.131 e. The van der Waals surface area contributed by atoms with Crippen LogP contribution in [-0.4, -0.2) is 0 Å². The average molecular weight is 301 g/mol. The van der Waals surface area contributed by atoms with Crippen molar-refractivity contribution >= 4 is 23.2 Å². The van der Waals surface area contributed by atoms with Gasteiger partial charge in [-0.25, -0.2) is 8.78 Å². The minimum Gasteiger partial charge on any atom is -0.207 e. The van der Waals surface area contributed by atoms with E-state index in [1.165, 1.54) is 6.07 Å². The molecule has 2 aromatic rings. The normalized spacial score (nSPS) is 12.5. The van der Waals surface area contributed by atoms with Crippen molar-refractivity contribution in [1.29, 1.82) is 0 Å². The van der Waals surface area contributed by atoms with E-state index in [9.17, 15) is 8.78 Å². The molecule has 0 heterocycles. The Morgan fingerprint density at radius 3 is 2.37 bits per heavy atom. The molecule has 0 bridgehead atoms. The van der Waals surface area contributed by atoms with Gasteiger partial charge in [0.05, 0.1) is 5.38 Å². The lowest BCUT2D eigenvalue weighted by Crippen LogP contribution is -2.01. The van der Waals surface area contributed by atoms with E-state index in [4.69, 9.17) is 23.2 Å². The fraction of sp³-hybridized carbons (Fsp3) is 0.200. The summed E-state index contributed by atoms with van der Waals surface area (Å²) < 4.78 is 27.4. The van der Waals surface area contributed by atoms with E-state index in [2.05, 4.69) is 0 Å². The second-order valence-electron chi connectivity index (χ2n) is 4.46. The highest BCUT2D eigenvalue weighted by Gasteiger charge is 2.20. The molecule has 0 aliphatic heterocycles. The van der Waals surface area contributed by atoms with Crippen molar-refractivity contribution in [1.82, 2.24) is 0 Å². The lowest BCUT2D eigenvalue weighted by molar-refractivity contribution is 0.602. The number of hydrogen-bond donors (Lipinski definition) is 0. The van der Waals surface area contributed by atoms with Crippen molar-refractivity contribution in [3.8, 4) is 0 Å². The van der Waals surface area contributed by atoms with Crippen molar-refractivity contribution in [2.75, 3.05) is 0 Å². The van der Waals surface area contributed by atoms with Crippen molar-refractivity contribution < 1.29 is 8.78 Å². The minimum atomic E-state index is -0.744. The van der Waals surface area contributed by atoms with E-state index >= 15 is 0 Å². The number of benzene rings is 2. The summed E-state index contributed by atoms with van der Waals surface area (Å²) >= 11 is 12.3. The van der Waals surface area contributed by atoms with E-state index in [1.807, 2.05) is 0 Å². The average Bonchev–Trinajstić information content (AvgIpc) is 2.36. The number of alkyl halides is 1. The Hall–Kier alpha value is -1.12. The predicted molar refractivity (Wildman–Crippen MR) is 75.0 cm³/mol. The molecule has 0 radical (unpaired) electrons. The smallest absolute Gasteiger partial charge is 0.131 e. The molecule has 100 valence electrons. The fourth-order valence-corrected chi connectivity index (χ4v) is 2.57. The van der Waals surface area contributed by atoms with Gasteiger partial charge < -0.3 is 0 Å². The summed E-state index contributed by atoms with van der Waals surface area (Å²) in [4.78, 5) is 0. The van der Waals surface area contributed by atoms with Gasteiger partial charge in [-0.1, -0.05) is 29.8 Å². The van der Waals surface area contributed by atoms with E-state index in [0.717, 1.165) is 0 Å². The van der Waals surface area contributed by atoms with Gasteiger partial charge in [0, 0.05) is 10.6 Å². The molecule has 0 saturated carbocycles. The lowest BCUT2D eigenvalue weighted by Gasteiger charge is -2.15. The van der Waals surface area contributed by atoms with Crippen LogP contribution in [0.5, 0.6) is 0 Å². The third-order valence-corrected chi connectivity index (χ3v) is 3.84. The second-order valence-corrected chi connectivity index (χ2v) is 5.31. The highest BCUT2D eigenvalue weighted by Crippen LogP contribution is 2.36. The first-order valence-electron chi connectivity index (χ1n) is 5.76. The zero-order chi connectivity index (χ0) is 14.2. The molecule has 4 heteroatoms. The number of halogens is 4. The van der Waals surface area contributed by atoms with Crippen LogP contribution < -0.4 is 0 Å². The number of aryl methyl sites for hydroxylation is 2. The summed E-state index contributed by atoms with van der Waals surface area (Å²) in [6.45, 7) is 3.28. The molecule has 0 spiro atoms. The third-order valence-electron chi connectivity index (χ3n) is 3.05. The van der Waals surface area contributed by atoms with Crippen molar-refractivity contribution in [2.45, 2.75) is 19.2 Å². The molecule has 0 amide bonds. The quantitative estimate of drug-likeness (QED) is 0.637. The monoisotopic (exact) mass is 300 g/mol. The van der Waals surface area contributed by atoms with E-state index in [0.29, 0.717) is 22.3 Å². The maximum absolute atomic E-state index is 14.0. The molecule has 0 aliphatic carbocycles. The highest BCUT2D eigenvalue weighted by atomic mass is 35.5. The lowest BCUT2D eigenvalue weighted by atomic mass is 10.00. The Kier molecular flexibility index (Phi) is 4.12. The molecule has 0 N–H and O–H groups in total. The van der Waals surface area contributed by atoms with Gasteiger partial charge in [0.2, 0.25) is 0 Å². The van der Waals surface area contributed by atoms with Crippen LogP contribution in [0.25, 0.3) is 0 Å². The first kappa shape index (κ1) is 14.3. The van der Waals surface area contributed by atoms with Gasteiger partial charge >= 0.3 is 0 Å². The molecule has 1 unspecified atom stereocenters. The Morgan fingerprint density at radius 2 is 1.68 bits per heavy atom. The molecule has 0 nitrogen and oxygen atoms in total. The molecular formula is C15H12Cl2F2. The molecule has 1 atom stereocenters. The standard InChI is InChI=1S/C15H12Cl2F2/c1-8-4-3-5-10(15(8)19)14(17)11-6-9(2)13(18)7-12(11)16/h3-7,14H,1-2H3. The van der Waals surface area contributed by atoms with Gasteiger partial charge in [-0.15, -0.1) is 11.6 Å². The fourth-order valence-electron chi connectivity index (χ4n) is 1.91. The van der Waals surface area contributed by atoms with Crippen LogP contribution in [0.1, 0.15) is 27.6 Å². The summed E-state index contributed by atoms with van der Waals surface area (Å²) in [7, 11) is 0. The van der Waals surface area contributed by atoms with Gasteiger partial charge in [0.15, 0.2) is 0 Å². The Bertz CT molecular complexity index is 624. The zero-order valence-corrected chi connectivity index (χ0v) is 12.0. The Morgan fingerprint density at radius 1 is 1.00 bits per heavy atom. The largest absolute Gasteiger partial charge is 0.207 e. The summed E-state index contributed by atoms with van der Waals surface area (Å²) in [6, 6.07) is 7.76. The second kappa shape index (κ2) is 5.48. The van der Waals surface area contributed by atoms with Crippen LogP contribution in [0, 0.1) is 25.5 Å². The molecule has 0 fully saturated rings. The van der Waals surface area contributed by atoms with Crippen LogP contribution in [0.3, 0.4) is 0 Å². The van der Waals surface area contributed by atoms with Gasteiger partial charge in [-0.05, 0) is 42.7 Å². The number of hydrogen-bond acceptors (Lipinski definition) is 0. The predicted octanol–water partition coefficient (Wildman–Crippen LogP) is 5.56. The Balaban J connectivity index is 2.53. The topological polar surface area (TPSA) is 0 Å². The van der Waals surface area contributed by atoms with E-state index < -0.39 is 11.2 Å². The van der Waals surface area contributed by atoms with Crippen LogP contribution in [0.2, 0.25) is 5.02 Å². The number of rotatable bonds is 2. The molecule has 0 aromatic heterocycles. The van der Waals surface area contributed by atoms with Crippen LogP contribution in [0.15, 0.2) is 30.3 Å². The molecular weight excluding hydrogens is 289 g/mol. The van der Waals surface area contributed by atoms with Gasteiger partial charge in [-0.2, -0.15) is 0 Å². The Labute approximate surface area is 121 Å². The molecule has 0 saturated heterocycles. The molecule has 2 rings (SSSR count).